The number of hydrogen-bond donors (Lipinski definition) is 2. The van der Waals surface area contributed by atoms with Gasteiger partial charge in [-0.3, -0.25) is 0 Å². The highest BCUT2D eigenvalue weighted by Gasteiger charge is 2.23. The zero-order valence-corrected chi connectivity index (χ0v) is 13.6. The monoisotopic (exact) mass is 288 g/mol. The van der Waals surface area contributed by atoms with Crippen molar-refractivity contribution in [1.29, 1.82) is 0 Å². The highest BCUT2D eigenvalue weighted by molar-refractivity contribution is 8.00. The molecule has 3 atom stereocenters. The molecular formula is C14H28N2O2S. The van der Waals surface area contributed by atoms with Gasteiger partial charge in [0.1, 0.15) is 5.60 Å². The Bertz CT molecular complexity index is 292. The molecule has 0 aromatic carbocycles. The average Bonchev–Trinajstić information content (AvgIpc) is 2.61. The first-order chi connectivity index (χ1) is 8.78. The molecule has 0 aromatic heterocycles. The molecule has 5 heteroatoms. The number of amides is 1. The Balaban J connectivity index is 2.14. The SMILES string of the molecule is CC(CCNC1CCSC1C)NC(=O)OC(C)(C)C. The predicted octanol–water partition coefficient (Wildman–Crippen LogP) is 2.77. The van der Waals surface area contributed by atoms with Gasteiger partial charge in [-0.25, -0.2) is 4.79 Å². The van der Waals surface area contributed by atoms with Crippen molar-refractivity contribution in [1.82, 2.24) is 10.6 Å². The van der Waals surface area contributed by atoms with Gasteiger partial charge in [0.05, 0.1) is 0 Å². The van der Waals surface area contributed by atoms with Crippen LogP contribution in [0, 0.1) is 0 Å². The minimum Gasteiger partial charge on any atom is -0.444 e. The van der Waals surface area contributed by atoms with Gasteiger partial charge in [0.2, 0.25) is 0 Å². The van der Waals surface area contributed by atoms with Crippen LogP contribution >= 0.6 is 11.8 Å². The van der Waals surface area contributed by atoms with E-state index in [1.807, 2.05) is 39.5 Å². The van der Waals surface area contributed by atoms with Crippen molar-refractivity contribution in [3.05, 3.63) is 0 Å². The minimum absolute atomic E-state index is 0.131. The second-order valence-corrected chi connectivity index (χ2v) is 7.75. The molecule has 1 amide bonds. The van der Waals surface area contributed by atoms with E-state index in [1.54, 1.807) is 0 Å². The van der Waals surface area contributed by atoms with E-state index in [2.05, 4.69) is 17.6 Å². The zero-order chi connectivity index (χ0) is 14.5. The lowest BCUT2D eigenvalue weighted by atomic mass is 10.1. The van der Waals surface area contributed by atoms with Crippen LogP contribution < -0.4 is 10.6 Å². The summed E-state index contributed by atoms with van der Waals surface area (Å²) < 4.78 is 5.23. The maximum absolute atomic E-state index is 11.6. The molecule has 112 valence electrons. The predicted molar refractivity (Wildman–Crippen MR) is 81.8 cm³/mol. The molecule has 1 rings (SSSR count). The molecule has 1 heterocycles. The van der Waals surface area contributed by atoms with Gasteiger partial charge in [-0.1, -0.05) is 6.92 Å². The fraction of sp³-hybridized carbons (Fsp3) is 0.929. The van der Waals surface area contributed by atoms with Crippen molar-refractivity contribution in [2.45, 2.75) is 70.4 Å². The largest absolute Gasteiger partial charge is 0.444 e. The van der Waals surface area contributed by atoms with Gasteiger partial charge in [-0.15, -0.1) is 0 Å². The Kier molecular flexibility index (Phi) is 6.47. The first-order valence-corrected chi connectivity index (χ1v) is 8.17. The Morgan fingerprint density at radius 3 is 2.68 bits per heavy atom. The highest BCUT2D eigenvalue weighted by atomic mass is 32.2. The Morgan fingerprint density at radius 2 is 2.16 bits per heavy atom. The maximum atomic E-state index is 11.6. The Labute approximate surface area is 121 Å². The zero-order valence-electron chi connectivity index (χ0n) is 12.8. The first kappa shape index (κ1) is 16.6. The Hall–Kier alpha value is -0.420. The third-order valence-electron chi connectivity index (χ3n) is 3.12. The van der Waals surface area contributed by atoms with Crippen LogP contribution in [-0.4, -0.2) is 41.3 Å². The molecule has 0 radical (unpaired) electrons. The highest BCUT2D eigenvalue weighted by Crippen LogP contribution is 2.25. The van der Waals surface area contributed by atoms with Gasteiger partial charge in [-0.05, 0) is 52.8 Å². The topological polar surface area (TPSA) is 50.4 Å². The van der Waals surface area contributed by atoms with E-state index in [0.29, 0.717) is 11.3 Å². The lowest BCUT2D eigenvalue weighted by molar-refractivity contribution is 0.0506. The van der Waals surface area contributed by atoms with Crippen LogP contribution in [0.2, 0.25) is 0 Å². The molecule has 1 aliphatic rings. The van der Waals surface area contributed by atoms with Crippen molar-refractivity contribution in [2.75, 3.05) is 12.3 Å². The van der Waals surface area contributed by atoms with E-state index in [-0.39, 0.29) is 12.1 Å². The smallest absolute Gasteiger partial charge is 0.407 e. The lowest BCUT2D eigenvalue weighted by Crippen LogP contribution is -2.40. The average molecular weight is 288 g/mol. The summed E-state index contributed by atoms with van der Waals surface area (Å²) in [6.07, 6.45) is 1.84. The third kappa shape index (κ3) is 7.06. The fourth-order valence-corrected chi connectivity index (χ4v) is 3.29. The summed E-state index contributed by atoms with van der Waals surface area (Å²) in [6, 6.07) is 0.755. The first-order valence-electron chi connectivity index (χ1n) is 7.12. The molecule has 1 saturated heterocycles. The molecule has 2 N–H and O–H groups in total. The molecule has 0 bridgehead atoms. The summed E-state index contributed by atoms with van der Waals surface area (Å²) in [5.41, 5.74) is -0.432. The third-order valence-corrected chi connectivity index (χ3v) is 4.45. The van der Waals surface area contributed by atoms with Gasteiger partial charge >= 0.3 is 6.09 Å². The van der Waals surface area contributed by atoms with Gasteiger partial charge in [-0.2, -0.15) is 11.8 Å². The summed E-state index contributed by atoms with van der Waals surface area (Å²) in [6.45, 7) is 10.8. The van der Waals surface area contributed by atoms with Crippen molar-refractivity contribution in [3.63, 3.8) is 0 Å². The molecule has 1 fully saturated rings. The van der Waals surface area contributed by atoms with E-state index in [9.17, 15) is 4.79 Å². The van der Waals surface area contributed by atoms with Crippen molar-refractivity contribution >= 4 is 17.9 Å². The molecule has 1 aliphatic heterocycles. The molecule has 0 saturated carbocycles. The summed E-state index contributed by atoms with van der Waals surface area (Å²) in [7, 11) is 0. The van der Waals surface area contributed by atoms with Crippen LogP contribution in [0.3, 0.4) is 0 Å². The molecule has 0 spiro atoms. The number of hydrogen-bond acceptors (Lipinski definition) is 4. The fourth-order valence-electron chi connectivity index (χ4n) is 2.07. The van der Waals surface area contributed by atoms with E-state index in [4.69, 9.17) is 4.74 Å². The molecule has 3 unspecified atom stereocenters. The maximum Gasteiger partial charge on any atom is 0.407 e. The van der Waals surface area contributed by atoms with Crippen molar-refractivity contribution < 1.29 is 9.53 Å². The van der Waals surface area contributed by atoms with Crippen LogP contribution in [-0.2, 0) is 4.74 Å². The Morgan fingerprint density at radius 1 is 1.47 bits per heavy atom. The quantitative estimate of drug-likeness (QED) is 0.817. The number of carbonyl (C=O) groups is 1. The van der Waals surface area contributed by atoms with Gasteiger partial charge in [0.15, 0.2) is 0 Å². The van der Waals surface area contributed by atoms with Crippen molar-refractivity contribution in [2.24, 2.45) is 0 Å². The summed E-state index contributed by atoms with van der Waals surface area (Å²) in [5.74, 6) is 1.25. The molecule has 4 nitrogen and oxygen atoms in total. The van der Waals surface area contributed by atoms with Gasteiger partial charge in [0.25, 0.3) is 0 Å². The number of thioether (sulfide) groups is 1. The normalized spacial score (nSPS) is 25.1. The second-order valence-electron chi connectivity index (χ2n) is 6.26. The minimum atomic E-state index is -0.432. The number of ether oxygens (including phenoxy) is 1. The summed E-state index contributed by atoms with van der Waals surface area (Å²) >= 11 is 2.03. The molecule has 0 aliphatic carbocycles. The van der Waals surface area contributed by atoms with E-state index in [0.717, 1.165) is 13.0 Å². The number of nitrogens with one attached hydrogen (secondary N) is 2. The summed E-state index contributed by atoms with van der Waals surface area (Å²) in [4.78, 5) is 11.6. The molecule has 19 heavy (non-hydrogen) atoms. The van der Waals surface area contributed by atoms with E-state index >= 15 is 0 Å². The lowest BCUT2D eigenvalue weighted by Gasteiger charge is -2.22. The van der Waals surface area contributed by atoms with Crippen LogP contribution in [0.1, 0.15) is 47.5 Å². The molecular weight excluding hydrogens is 260 g/mol. The number of carbonyl (C=O) groups excluding carboxylic acids is 1. The van der Waals surface area contributed by atoms with Gasteiger partial charge in [0, 0.05) is 17.3 Å². The van der Waals surface area contributed by atoms with E-state index in [1.165, 1.54) is 12.2 Å². The van der Waals surface area contributed by atoms with E-state index < -0.39 is 5.60 Å². The second kappa shape index (κ2) is 7.39. The number of rotatable bonds is 5. The van der Waals surface area contributed by atoms with Crippen LogP contribution in [0.4, 0.5) is 4.79 Å². The standard InChI is InChI=1S/C14H28N2O2S/c1-10(16-13(17)18-14(3,4)5)6-8-15-12-7-9-19-11(12)2/h10-12,15H,6-9H2,1-5H3,(H,16,17). The number of alkyl carbamates (subject to hydrolysis) is 1. The van der Waals surface area contributed by atoms with Crippen molar-refractivity contribution in [3.8, 4) is 0 Å². The molecule has 0 aromatic rings. The summed E-state index contributed by atoms with van der Waals surface area (Å²) in [5, 5.41) is 7.14. The van der Waals surface area contributed by atoms with Crippen LogP contribution in [0.15, 0.2) is 0 Å². The van der Waals surface area contributed by atoms with Gasteiger partial charge < -0.3 is 15.4 Å². The van der Waals surface area contributed by atoms with Crippen LogP contribution in [0.25, 0.3) is 0 Å². The van der Waals surface area contributed by atoms with Crippen LogP contribution in [0.5, 0.6) is 0 Å².